The normalized spacial score (nSPS) is 21.1. The number of anilines is 2. The van der Waals surface area contributed by atoms with Crippen molar-refractivity contribution < 1.29 is 58.4 Å². The molecule has 4 atom stereocenters. The first-order valence-electron chi connectivity index (χ1n) is 29.2. The number of benzene rings is 5. The van der Waals surface area contributed by atoms with Crippen molar-refractivity contribution in [1.29, 1.82) is 0 Å². The number of halogens is 5. The van der Waals surface area contributed by atoms with Crippen LogP contribution in [0, 0.1) is 11.2 Å². The number of sulfone groups is 1. The molecule has 4 aliphatic heterocycles. The van der Waals surface area contributed by atoms with E-state index in [-0.39, 0.29) is 65.7 Å². The van der Waals surface area contributed by atoms with Crippen LogP contribution in [0.25, 0.3) is 5.57 Å². The van der Waals surface area contributed by atoms with Gasteiger partial charge in [0.2, 0.25) is 11.8 Å². The molecular formula is C63H69ClF4N8O9S3. The van der Waals surface area contributed by atoms with Crippen LogP contribution in [0.2, 0.25) is 5.02 Å². The number of rotatable bonds is 19. The van der Waals surface area contributed by atoms with Gasteiger partial charge < -0.3 is 15.1 Å². The van der Waals surface area contributed by atoms with Crippen LogP contribution in [0.3, 0.4) is 0 Å². The minimum Gasteiger partial charge on any atom is -0.380 e. The number of carbonyl (C=O) groups is 5. The first kappa shape index (κ1) is 64.3. The second kappa shape index (κ2) is 26.0. The van der Waals surface area contributed by atoms with Crippen molar-refractivity contribution in [3.05, 3.63) is 153 Å². The van der Waals surface area contributed by atoms with Crippen LogP contribution in [0.15, 0.2) is 129 Å². The number of sulfonamides is 1. The van der Waals surface area contributed by atoms with Gasteiger partial charge >= 0.3 is 5.51 Å². The monoisotopic (exact) mass is 1290 g/mol. The molecule has 3 fully saturated rings. The summed E-state index contributed by atoms with van der Waals surface area (Å²) in [4.78, 5) is 72.9. The topological polar surface area (TPSA) is 206 Å². The largest absolute Gasteiger partial charge is 0.501 e. The number of thioether (sulfide) groups is 1. The molecule has 468 valence electrons. The number of hydrogen-bond acceptors (Lipinski definition) is 15. The Balaban J connectivity index is 0.792. The summed E-state index contributed by atoms with van der Waals surface area (Å²) in [6.07, 6.45) is 3.16. The van der Waals surface area contributed by atoms with Gasteiger partial charge in [-0.15, -0.1) is 11.8 Å². The summed E-state index contributed by atoms with van der Waals surface area (Å²) in [7, 11) is -11.2. The first-order chi connectivity index (χ1) is 41.7. The average Bonchev–Trinajstić information content (AvgIpc) is 1.51. The van der Waals surface area contributed by atoms with E-state index in [1.807, 2.05) is 65.9 Å². The van der Waals surface area contributed by atoms with Gasteiger partial charge in [0.25, 0.3) is 37.6 Å². The van der Waals surface area contributed by atoms with E-state index in [9.17, 15) is 54.0 Å². The SMILES string of the molecule is CC1CN(CC[C@H](CSc2ccccc2)Nc2ccc(S(=O)(=O)NC(=O)c3ccc(N4CCN(CC5=C(c6ccc(Cl)cc6)CCC(C)(C)C5)CC4)cc3)cc2S(=O)(=O)C(F)(F)F)CC(C)N1Cc1ccc2c(c1F)C(=O)N(C1CCC(=O)NC1=O)C2=O. The molecule has 1 aliphatic carbocycles. The molecule has 4 heterocycles. The number of fused-ring (bicyclic) bond motifs is 1. The van der Waals surface area contributed by atoms with Crippen LogP contribution in [0.1, 0.15) is 108 Å². The minimum atomic E-state index is -6.20. The van der Waals surface area contributed by atoms with Crippen LogP contribution in [0.5, 0.6) is 0 Å². The number of carbonyl (C=O) groups excluding carboxylic acids is 5. The molecule has 5 aromatic carbocycles. The molecular weight excluding hydrogens is 1220 g/mol. The zero-order valence-electron chi connectivity index (χ0n) is 49.0. The molecule has 10 rings (SSSR count). The number of alkyl halides is 3. The number of nitrogens with zero attached hydrogens (tertiary/aromatic N) is 5. The molecule has 25 heteroatoms. The number of allylic oxidation sites excluding steroid dienone is 1. The number of nitrogens with one attached hydrogen (secondary N) is 3. The van der Waals surface area contributed by atoms with Crippen molar-refractivity contribution in [2.75, 3.05) is 68.3 Å². The Bertz CT molecular complexity index is 3760. The van der Waals surface area contributed by atoms with E-state index in [4.69, 9.17) is 11.6 Å². The van der Waals surface area contributed by atoms with Crippen LogP contribution in [-0.4, -0.2) is 154 Å². The summed E-state index contributed by atoms with van der Waals surface area (Å²) in [5.74, 6) is -4.88. The van der Waals surface area contributed by atoms with Gasteiger partial charge in [0.1, 0.15) is 16.8 Å². The van der Waals surface area contributed by atoms with E-state index >= 15 is 4.39 Å². The Hall–Kier alpha value is -6.67. The quantitative estimate of drug-likeness (QED) is 0.0400. The van der Waals surface area contributed by atoms with Crippen molar-refractivity contribution in [2.45, 2.75) is 117 Å². The molecule has 5 aliphatic rings. The van der Waals surface area contributed by atoms with Crippen LogP contribution >= 0.6 is 23.4 Å². The lowest BCUT2D eigenvalue weighted by Crippen LogP contribution is -2.56. The van der Waals surface area contributed by atoms with Gasteiger partial charge in [0.05, 0.1) is 21.7 Å². The van der Waals surface area contributed by atoms with Gasteiger partial charge in [-0.05, 0) is 135 Å². The van der Waals surface area contributed by atoms with Gasteiger partial charge in [0, 0.05) is 116 Å². The van der Waals surface area contributed by atoms with E-state index in [1.54, 1.807) is 12.1 Å². The van der Waals surface area contributed by atoms with Gasteiger partial charge in [-0.2, -0.15) is 13.2 Å². The van der Waals surface area contributed by atoms with Crippen molar-refractivity contribution >= 4 is 89.7 Å². The second-order valence-electron chi connectivity index (χ2n) is 24.1. The smallest absolute Gasteiger partial charge is 0.380 e. The van der Waals surface area contributed by atoms with Crippen molar-refractivity contribution in [3.8, 4) is 0 Å². The van der Waals surface area contributed by atoms with E-state index < -0.39 is 93.8 Å². The third-order valence-corrected chi connectivity index (χ3v) is 21.5. The predicted octanol–water partition coefficient (Wildman–Crippen LogP) is 9.64. The average molecular weight is 1290 g/mol. The van der Waals surface area contributed by atoms with E-state index in [0.29, 0.717) is 48.7 Å². The summed E-state index contributed by atoms with van der Waals surface area (Å²) in [6.45, 7) is 13.5. The lowest BCUT2D eigenvalue weighted by molar-refractivity contribution is -0.136. The molecule has 0 saturated carbocycles. The summed E-state index contributed by atoms with van der Waals surface area (Å²) < 4.78 is 117. The van der Waals surface area contributed by atoms with Crippen molar-refractivity contribution in [1.82, 2.24) is 29.6 Å². The molecule has 0 spiro atoms. The maximum atomic E-state index is 16.3. The van der Waals surface area contributed by atoms with Gasteiger partial charge in [-0.3, -0.25) is 44.0 Å². The maximum Gasteiger partial charge on any atom is 0.501 e. The number of piperazine rings is 2. The Morgan fingerprint density at radius 2 is 1.50 bits per heavy atom. The lowest BCUT2D eigenvalue weighted by Gasteiger charge is -2.45. The van der Waals surface area contributed by atoms with Crippen LogP contribution in [-0.2, 0) is 36.0 Å². The number of piperidine rings is 1. The molecule has 5 aromatic rings. The highest BCUT2D eigenvalue weighted by molar-refractivity contribution is 7.99. The van der Waals surface area contributed by atoms with E-state index in [0.717, 1.165) is 61.6 Å². The summed E-state index contributed by atoms with van der Waals surface area (Å²) in [6, 6.07) is 26.1. The highest BCUT2D eigenvalue weighted by Crippen LogP contribution is 2.43. The highest BCUT2D eigenvalue weighted by atomic mass is 35.5. The number of imide groups is 2. The zero-order chi connectivity index (χ0) is 63.0. The standard InChI is InChI=1S/C63H69ClF4N8O9S3/c1-39-34-73(35-40(2)75(39)37-43-14-20-51-56(57(43)65)61(81)76(60(51)80)53-22-23-55(77)70-59(53)79)27-25-46(38-86-48-8-6-5-7-9-48)69-52-21-19-49(32-54(52)87(82,83)63(66,67)68)88(84,85)71-58(78)42-12-17-47(18-13-42)74-30-28-72(29-31-74)36-44-33-62(3,4)26-24-50(44)41-10-15-45(64)16-11-41/h5-21,32,39-40,46,53,69H,22-31,33-38H2,1-4H3,(H,71,78)(H,70,77,79)/t39?,40?,46-,53?/m1/s1. The fourth-order valence-corrected chi connectivity index (χ4v) is 15.6. The van der Waals surface area contributed by atoms with Gasteiger partial charge in [0.15, 0.2) is 0 Å². The lowest BCUT2D eigenvalue weighted by atomic mass is 9.73. The number of amides is 5. The van der Waals surface area contributed by atoms with Gasteiger partial charge in [-0.1, -0.05) is 67.4 Å². The van der Waals surface area contributed by atoms with Crippen LogP contribution in [0.4, 0.5) is 28.9 Å². The fourth-order valence-electron chi connectivity index (χ4n) is 12.5. The summed E-state index contributed by atoms with van der Waals surface area (Å²) >= 11 is 7.58. The summed E-state index contributed by atoms with van der Waals surface area (Å²) in [5, 5.41) is 5.83. The Morgan fingerprint density at radius 3 is 2.16 bits per heavy atom. The zero-order valence-corrected chi connectivity index (χ0v) is 52.2. The fraction of sp³-hybridized carbons (Fsp3) is 0.413. The molecule has 3 unspecified atom stereocenters. The molecule has 5 amide bonds. The second-order valence-corrected chi connectivity index (χ2v) is 29.2. The maximum absolute atomic E-state index is 16.3. The molecule has 3 saturated heterocycles. The third-order valence-electron chi connectivity index (χ3n) is 17.2. The Labute approximate surface area is 519 Å². The predicted molar refractivity (Wildman–Crippen MR) is 329 cm³/mol. The van der Waals surface area contributed by atoms with Gasteiger partial charge in [-0.25, -0.2) is 25.9 Å². The molecule has 0 radical (unpaired) electrons. The molecule has 88 heavy (non-hydrogen) atoms. The van der Waals surface area contributed by atoms with Crippen LogP contribution < -0.4 is 20.3 Å². The number of hydrogen-bond donors (Lipinski definition) is 3. The van der Waals surface area contributed by atoms with Crippen molar-refractivity contribution in [3.63, 3.8) is 0 Å². The molecule has 0 aromatic heterocycles. The third kappa shape index (κ3) is 14.2. The summed E-state index contributed by atoms with van der Waals surface area (Å²) in [5.41, 5.74) is -1.89. The Kier molecular flexibility index (Phi) is 19.0. The minimum absolute atomic E-state index is 0.0519. The Morgan fingerprint density at radius 1 is 0.818 bits per heavy atom. The van der Waals surface area contributed by atoms with E-state index in [1.165, 1.54) is 52.7 Å². The van der Waals surface area contributed by atoms with Crippen molar-refractivity contribution in [2.24, 2.45) is 5.41 Å². The highest BCUT2D eigenvalue weighted by Gasteiger charge is 2.49. The molecule has 17 nitrogen and oxygen atoms in total. The molecule has 0 bridgehead atoms. The first-order valence-corrected chi connectivity index (χ1v) is 33.5. The molecule has 3 N–H and O–H groups in total. The van der Waals surface area contributed by atoms with E-state index in [2.05, 4.69) is 51.3 Å².